The fourth-order valence-electron chi connectivity index (χ4n) is 3.60. The molecule has 0 aromatic heterocycles. The second-order valence-corrected chi connectivity index (χ2v) is 8.32. The summed E-state index contributed by atoms with van der Waals surface area (Å²) in [4.78, 5) is 31.4. The van der Waals surface area contributed by atoms with E-state index in [1.807, 2.05) is 30.3 Å². The maximum Gasteiger partial charge on any atom is 0.337 e. The number of rotatable bonds is 4. The Kier molecular flexibility index (Phi) is 6.90. The molecule has 1 amide bonds. The van der Waals surface area contributed by atoms with Gasteiger partial charge in [0.25, 0.3) is 5.91 Å². The number of carbonyl (C=O) groups excluding carboxylic acids is 2. The fraction of sp³-hybridized carbons (Fsp3) is 0.120. The molecule has 0 saturated carbocycles. The van der Waals surface area contributed by atoms with Gasteiger partial charge >= 0.3 is 5.97 Å². The molecule has 0 fully saturated rings. The first kappa shape index (κ1) is 23.4. The van der Waals surface area contributed by atoms with Gasteiger partial charge < -0.3 is 20.3 Å². The molecule has 172 valence electrons. The summed E-state index contributed by atoms with van der Waals surface area (Å²) in [5, 5.41) is 6.71. The third kappa shape index (κ3) is 4.93. The average molecular weight is 493 g/mol. The van der Waals surface area contributed by atoms with Gasteiger partial charge in [-0.2, -0.15) is 0 Å². The zero-order valence-corrected chi connectivity index (χ0v) is 20.0. The first-order valence-corrected chi connectivity index (χ1v) is 11.1. The maximum absolute atomic E-state index is 13.3. The Morgan fingerprint density at radius 2 is 1.85 bits per heavy atom. The van der Waals surface area contributed by atoms with Gasteiger partial charge in [0, 0.05) is 28.9 Å². The van der Waals surface area contributed by atoms with Gasteiger partial charge in [0.2, 0.25) is 6.17 Å². The van der Waals surface area contributed by atoms with Crippen LogP contribution in [-0.2, 0) is 9.53 Å². The van der Waals surface area contributed by atoms with Gasteiger partial charge in [-0.3, -0.25) is 4.79 Å². The van der Waals surface area contributed by atoms with Crippen LogP contribution < -0.4 is 15.5 Å². The van der Waals surface area contributed by atoms with Crippen molar-refractivity contribution >= 4 is 57.9 Å². The summed E-state index contributed by atoms with van der Waals surface area (Å²) < 4.78 is 4.76. The first-order valence-electron chi connectivity index (χ1n) is 10.3. The highest BCUT2D eigenvalue weighted by molar-refractivity contribution is 7.80. The van der Waals surface area contributed by atoms with Crippen molar-refractivity contribution in [3.05, 3.63) is 94.5 Å². The lowest BCUT2D eigenvalue weighted by atomic mass is 10.0. The van der Waals surface area contributed by atoms with Crippen LogP contribution in [0.4, 0.5) is 11.4 Å². The molecule has 1 unspecified atom stereocenters. The number of hydrogen-bond acceptors (Lipinski definition) is 5. The number of thiocarbonyl (C=S) groups is 1. The third-order valence-corrected chi connectivity index (χ3v) is 5.71. The number of halogens is 1. The summed E-state index contributed by atoms with van der Waals surface area (Å²) in [5.74, 6) is -0.751. The van der Waals surface area contributed by atoms with Crippen LogP contribution in [0.25, 0.3) is 0 Å². The smallest absolute Gasteiger partial charge is 0.337 e. The minimum atomic E-state index is -0.991. The Hall–Kier alpha value is -3.75. The van der Waals surface area contributed by atoms with Crippen LogP contribution in [0.5, 0.6) is 0 Å². The molecule has 1 aliphatic rings. The van der Waals surface area contributed by atoms with Crippen molar-refractivity contribution in [2.45, 2.75) is 6.17 Å². The number of amides is 1. The molecule has 3 aromatic carbocycles. The van der Waals surface area contributed by atoms with Gasteiger partial charge in [0.05, 0.1) is 24.1 Å². The lowest BCUT2D eigenvalue weighted by molar-refractivity contribution is -0.119. The van der Waals surface area contributed by atoms with Crippen molar-refractivity contribution in [3.8, 4) is 0 Å². The highest BCUT2D eigenvalue weighted by atomic mass is 35.5. The van der Waals surface area contributed by atoms with E-state index < -0.39 is 12.1 Å². The van der Waals surface area contributed by atoms with E-state index in [0.717, 1.165) is 11.1 Å². The Bertz CT molecular complexity index is 1300. The monoisotopic (exact) mass is 492 g/mol. The normalized spacial score (nSPS) is 15.0. The van der Waals surface area contributed by atoms with E-state index in [1.165, 1.54) is 12.0 Å². The van der Waals surface area contributed by atoms with Gasteiger partial charge in [-0.05, 0) is 48.6 Å². The number of ether oxygens (including phenoxy) is 1. The molecule has 1 heterocycles. The number of benzene rings is 3. The van der Waals surface area contributed by atoms with Crippen LogP contribution in [-0.4, -0.2) is 43.0 Å². The molecular formula is C25H21ClN4O3S. The summed E-state index contributed by atoms with van der Waals surface area (Å²) >= 11 is 11.7. The molecule has 2 N–H and O–H groups in total. The van der Waals surface area contributed by atoms with Crippen molar-refractivity contribution in [1.29, 1.82) is 0 Å². The number of fused-ring (bicyclic) bond motifs is 1. The van der Waals surface area contributed by atoms with E-state index in [2.05, 4.69) is 10.6 Å². The molecule has 4 rings (SSSR count). The highest BCUT2D eigenvalue weighted by Crippen LogP contribution is 2.30. The van der Waals surface area contributed by atoms with E-state index >= 15 is 0 Å². The number of hydrogen-bond donors (Lipinski definition) is 2. The number of nitrogens with zero attached hydrogens (tertiary/aromatic N) is 2. The van der Waals surface area contributed by atoms with Crippen LogP contribution in [0.2, 0.25) is 5.02 Å². The van der Waals surface area contributed by atoms with Crippen molar-refractivity contribution < 1.29 is 14.3 Å². The number of anilines is 2. The standard InChI is InChI=1S/C25H21ClN4O3S/c1-30-20-12-11-17(26)14-19(20)21(15-7-4-3-5-8-15)28-22(23(30)31)29-25(34)27-18-10-6-9-16(13-18)24(32)33-2/h3-14,22H,1-2H3,(H2,27,29,34). The number of methoxy groups -OCH3 is 1. The number of benzodiazepines with no additional fused rings is 1. The highest BCUT2D eigenvalue weighted by Gasteiger charge is 2.30. The fourth-order valence-corrected chi connectivity index (χ4v) is 4.00. The summed E-state index contributed by atoms with van der Waals surface area (Å²) in [6, 6.07) is 21.6. The van der Waals surface area contributed by atoms with Crippen molar-refractivity contribution in [1.82, 2.24) is 5.32 Å². The summed E-state index contributed by atoms with van der Waals surface area (Å²) in [7, 11) is 3.00. The number of carbonyl (C=O) groups is 2. The molecule has 0 saturated heterocycles. The van der Waals surface area contributed by atoms with E-state index in [1.54, 1.807) is 49.5 Å². The molecule has 34 heavy (non-hydrogen) atoms. The zero-order chi connectivity index (χ0) is 24.2. The van der Waals surface area contributed by atoms with Crippen LogP contribution in [0.15, 0.2) is 77.8 Å². The predicted octanol–water partition coefficient (Wildman–Crippen LogP) is 4.25. The summed E-state index contributed by atoms with van der Waals surface area (Å²) in [6.45, 7) is 0. The molecule has 0 aliphatic carbocycles. The second-order valence-electron chi connectivity index (χ2n) is 7.48. The van der Waals surface area contributed by atoms with Gasteiger partial charge in [-0.1, -0.05) is 48.0 Å². The molecule has 3 aromatic rings. The van der Waals surface area contributed by atoms with E-state index in [0.29, 0.717) is 27.7 Å². The van der Waals surface area contributed by atoms with E-state index in [-0.39, 0.29) is 11.0 Å². The summed E-state index contributed by atoms with van der Waals surface area (Å²) in [5.41, 5.74) is 3.82. The molecular weight excluding hydrogens is 472 g/mol. The SMILES string of the molecule is COC(=O)c1cccc(NC(=S)NC2N=C(c3ccccc3)c3cc(Cl)ccc3N(C)C2=O)c1. The lowest BCUT2D eigenvalue weighted by Gasteiger charge is -2.22. The number of nitrogens with one attached hydrogen (secondary N) is 2. The van der Waals surface area contributed by atoms with Gasteiger partial charge in [-0.25, -0.2) is 9.79 Å². The quantitative estimate of drug-likeness (QED) is 0.418. The molecule has 1 aliphatic heterocycles. The minimum absolute atomic E-state index is 0.175. The largest absolute Gasteiger partial charge is 0.465 e. The van der Waals surface area contributed by atoms with Crippen molar-refractivity contribution in [2.75, 3.05) is 24.4 Å². The van der Waals surface area contributed by atoms with E-state index in [9.17, 15) is 9.59 Å². The Balaban J connectivity index is 1.66. The molecule has 0 bridgehead atoms. The number of esters is 1. The second kappa shape index (κ2) is 10.0. The first-order chi connectivity index (χ1) is 16.4. The number of likely N-dealkylation sites (N-methyl/N-ethyl adjacent to an activating group) is 1. The number of aliphatic imine (C=N–C) groups is 1. The van der Waals surface area contributed by atoms with Crippen LogP contribution in [0, 0.1) is 0 Å². The van der Waals surface area contributed by atoms with Crippen LogP contribution in [0.1, 0.15) is 21.5 Å². The molecule has 0 radical (unpaired) electrons. The van der Waals surface area contributed by atoms with Crippen molar-refractivity contribution in [2.24, 2.45) is 4.99 Å². The van der Waals surface area contributed by atoms with Crippen molar-refractivity contribution in [3.63, 3.8) is 0 Å². The lowest BCUT2D eigenvalue weighted by Crippen LogP contribution is -2.47. The average Bonchev–Trinajstić information content (AvgIpc) is 2.94. The maximum atomic E-state index is 13.3. The third-order valence-electron chi connectivity index (χ3n) is 5.25. The molecule has 0 spiro atoms. The van der Waals surface area contributed by atoms with E-state index in [4.69, 9.17) is 33.5 Å². The Morgan fingerprint density at radius 3 is 2.59 bits per heavy atom. The topological polar surface area (TPSA) is 83.0 Å². The molecule has 7 nitrogen and oxygen atoms in total. The van der Waals surface area contributed by atoms with Gasteiger partial charge in [-0.15, -0.1) is 0 Å². The Labute approximate surface area is 207 Å². The molecule has 9 heteroatoms. The van der Waals surface area contributed by atoms with Crippen LogP contribution >= 0.6 is 23.8 Å². The van der Waals surface area contributed by atoms with Gasteiger partial charge in [0.1, 0.15) is 0 Å². The Morgan fingerprint density at radius 1 is 1.09 bits per heavy atom. The summed E-state index contributed by atoms with van der Waals surface area (Å²) in [6.07, 6.45) is -0.991. The predicted molar refractivity (Wildman–Crippen MR) is 138 cm³/mol. The van der Waals surface area contributed by atoms with Gasteiger partial charge in [0.15, 0.2) is 5.11 Å². The minimum Gasteiger partial charge on any atom is -0.465 e. The molecule has 1 atom stereocenters. The zero-order valence-electron chi connectivity index (χ0n) is 18.4. The van der Waals surface area contributed by atoms with Crippen LogP contribution in [0.3, 0.4) is 0 Å².